The molecule has 0 radical (unpaired) electrons. The predicted octanol–water partition coefficient (Wildman–Crippen LogP) is -0.849. The van der Waals surface area contributed by atoms with E-state index < -0.39 is 0 Å². The van der Waals surface area contributed by atoms with E-state index in [2.05, 4.69) is 5.32 Å². The highest BCUT2D eigenvalue weighted by atomic mass is 35.5. The molecule has 4 N–H and O–H groups in total. The van der Waals surface area contributed by atoms with Gasteiger partial charge in [-0.1, -0.05) is 0 Å². The summed E-state index contributed by atoms with van der Waals surface area (Å²) in [5, 5.41) is 11.1. The second-order valence-electron chi connectivity index (χ2n) is 2.37. The lowest BCUT2D eigenvalue weighted by Gasteiger charge is -1.95. The van der Waals surface area contributed by atoms with E-state index in [1.165, 1.54) is 0 Å². The van der Waals surface area contributed by atoms with Crippen LogP contribution in [-0.2, 0) is 4.74 Å². The SMILES string of the molecule is ClCC1CO1.NCCNCCO. The van der Waals surface area contributed by atoms with Crippen LogP contribution in [0.4, 0.5) is 0 Å². The molecule has 0 aromatic carbocycles. The molecule has 12 heavy (non-hydrogen) atoms. The standard InChI is InChI=1S/C4H12N2O.C3H5ClO/c5-1-2-6-3-4-7;4-1-3-2-5-3/h6-7H,1-5H2;3H,1-2H2. The van der Waals surface area contributed by atoms with E-state index in [0.29, 0.717) is 25.1 Å². The van der Waals surface area contributed by atoms with Gasteiger partial charge in [0.2, 0.25) is 0 Å². The molecule has 0 amide bonds. The van der Waals surface area contributed by atoms with Crippen molar-refractivity contribution in [1.82, 2.24) is 5.32 Å². The highest BCUT2D eigenvalue weighted by Gasteiger charge is 2.19. The molecule has 0 aliphatic carbocycles. The van der Waals surface area contributed by atoms with E-state index in [9.17, 15) is 0 Å². The number of nitrogens with two attached hydrogens (primary N) is 1. The molecule has 1 atom stereocenters. The molecular weight excluding hydrogens is 180 g/mol. The first-order valence-electron chi connectivity index (χ1n) is 4.04. The van der Waals surface area contributed by atoms with E-state index in [0.717, 1.165) is 13.2 Å². The Balaban J connectivity index is 0.000000211. The van der Waals surface area contributed by atoms with Crippen LogP contribution in [-0.4, -0.2) is 49.9 Å². The maximum Gasteiger partial charge on any atom is 0.0944 e. The third-order valence-electron chi connectivity index (χ3n) is 1.18. The van der Waals surface area contributed by atoms with Crippen molar-refractivity contribution >= 4 is 11.6 Å². The van der Waals surface area contributed by atoms with Crippen LogP contribution in [0, 0.1) is 0 Å². The molecule has 1 saturated heterocycles. The molecule has 1 fully saturated rings. The summed E-state index contributed by atoms with van der Waals surface area (Å²) in [4.78, 5) is 0. The molecule has 1 rings (SSSR count). The highest BCUT2D eigenvalue weighted by Crippen LogP contribution is 2.08. The molecule has 74 valence electrons. The van der Waals surface area contributed by atoms with Gasteiger partial charge in [0.15, 0.2) is 0 Å². The van der Waals surface area contributed by atoms with Gasteiger partial charge in [-0.25, -0.2) is 0 Å². The first kappa shape index (κ1) is 12.1. The largest absolute Gasteiger partial charge is 0.395 e. The molecule has 0 aromatic rings. The summed E-state index contributed by atoms with van der Waals surface area (Å²) in [5.74, 6) is 0.667. The predicted molar refractivity (Wildman–Crippen MR) is 49.5 cm³/mol. The van der Waals surface area contributed by atoms with Crippen LogP contribution in [0.1, 0.15) is 0 Å². The molecule has 0 saturated carbocycles. The quantitative estimate of drug-likeness (QED) is 0.305. The van der Waals surface area contributed by atoms with Crippen LogP contribution in [0.2, 0.25) is 0 Å². The van der Waals surface area contributed by atoms with Crippen molar-refractivity contribution in [2.45, 2.75) is 6.10 Å². The molecule has 0 spiro atoms. The smallest absolute Gasteiger partial charge is 0.0944 e. The highest BCUT2D eigenvalue weighted by molar-refractivity contribution is 6.18. The molecule has 1 aliphatic heterocycles. The van der Waals surface area contributed by atoms with Crippen molar-refractivity contribution in [3.05, 3.63) is 0 Å². The van der Waals surface area contributed by atoms with Crippen molar-refractivity contribution < 1.29 is 9.84 Å². The van der Waals surface area contributed by atoms with Crippen LogP contribution in [0.25, 0.3) is 0 Å². The minimum absolute atomic E-state index is 0.194. The Bertz CT molecular complexity index is 87.5. The minimum Gasteiger partial charge on any atom is -0.395 e. The Kier molecular flexibility index (Phi) is 9.32. The number of epoxide rings is 1. The summed E-state index contributed by atoms with van der Waals surface area (Å²) in [6.45, 7) is 3.15. The summed E-state index contributed by atoms with van der Waals surface area (Å²) >= 11 is 5.27. The number of aliphatic hydroxyl groups is 1. The van der Waals surface area contributed by atoms with Gasteiger partial charge in [0.25, 0.3) is 0 Å². The molecule has 4 nitrogen and oxygen atoms in total. The third-order valence-corrected chi connectivity index (χ3v) is 1.53. The average Bonchev–Trinajstić information content (AvgIpc) is 2.89. The second-order valence-corrected chi connectivity index (χ2v) is 2.68. The second kappa shape index (κ2) is 9.22. The third kappa shape index (κ3) is 10.1. The lowest BCUT2D eigenvalue weighted by molar-refractivity contribution is 0.293. The molecule has 0 aromatic heterocycles. The van der Waals surface area contributed by atoms with Crippen molar-refractivity contribution in [3.63, 3.8) is 0 Å². The summed E-state index contributed by atoms with van der Waals surface area (Å²) in [6.07, 6.45) is 0.400. The monoisotopic (exact) mass is 196 g/mol. The summed E-state index contributed by atoms with van der Waals surface area (Å²) in [6, 6.07) is 0. The summed E-state index contributed by atoms with van der Waals surface area (Å²) < 4.78 is 4.73. The number of aliphatic hydroxyl groups excluding tert-OH is 1. The molecule has 0 bridgehead atoms. The van der Waals surface area contributed by atoms with Gasteiger partial charge in [0.05, 0.1) is 25.2 Å². The Morgan fingerprint density at radius 2 is 2.25 bits per heavy atom. The fraction of sp³-hybridized carbons (Fsp3) is 1.00. The zero-order valence-corrected chi connectivity index (χ0v) is 7.89. The van der Waals surface area contributed by atoms with Crippen LogP contribution in [0.5, 0.6) is 0 Å². The number of rotatable bonds is 5. The van der Waals surface area contributed by atoms with Gasteiger partial charge in [0.1, 0.15) is 0 Å². The molecule has 1 unspecified atom stereocenters. The number of alkyl halides is 1. The fourth-order valence-corrected chi connectivity index (χ4v) is 0.641. The zero-order valence-electron chi connectivity index (χ0n) is 7.13. The van der Waals surface area contributed by atoms with Crippen molar-refractivity contribution in [1.29, 1.82) is 0 Å². The van der Waals surface area contributed by atoms with Gasteiger partial charge in [-0.15, -0.1) is 11.6 Å². The van der Waals surface area contributed by atoms with Crippen LogP contribution < -0.4 is 11.1 Å². The van der Waals surface area contributed by atoms with Crippen molar-refractivity contribution in [2.24, 2.45) is 5.73 Å². The molecule has 1 heterocycles. The first-order chi connectivity index (χ1) is 5.85. The molecule has 5 heteroatoms. The first-order valence-corrected chi connectivity index (χ1v) is 4.57. The average molecular weight is 197 g/mol. The zero-order chi connectivity index (χ0) is 9.23. The topological polar surface area (TPSA) is 70.8 Å². The van der Waals surface area contributed by atoms with Gasteiger partial charge in [-0.2, -0.15) is 0 Å². The lowest BCUT2D eigenvalue weighted by atomic mass is 10.6. The summed E-state index contributed by atoms with van der Waals surface area (Å²) in [5.41, 5.74) is 5.13. The molecule has 1 aliphatic rings. The Morgan fingerprint density at radius 1 is 1.58 bits per heavy atom. The Morgan fingerprint density at radius 3 is 2.50 bits per heavy atom. The lowest BCUT2D eigenvalue weighted by Crippen LogP contribution is -2.24. The summed E-state index contributed by atoms with van der Waals surface area (Å²) in [7, 11) is 0. The van der Waals surface area contributed by atoms with Gasteiger partial charge in [-0.05, 0) is 0 Å². The van der Waals surface area contributed by atoms with Crippen molar-refractivity contribution in [3.8, 4) is 0 Å². The number of hydrogen-bond acceptors (Lipinski definition) is 4. The fourth-order valence-electron chi connectivity index (χ4n) is 0.463. The maximum atomic E-state index is 8.19. The number of hydrogen-bond donors (Lipinski definition) is 3. The van der Waals surface area contributed by atoms with Gasteiger partial charge < -0.3 is 20.9 Å². The van der Waals surface area contributed by atoms with Crippen LogP contribution >= 0.6 is 11.6 Å². The van der Waals surface area contributed by atoms with Gasteiger partial charge in [0, 0.05) is 19.6 Å². The number of ether oxygens (including phenoxy) is 1. The Hall–Kier alpha value is 0.130. The normalized spacial score (nSPS) is 19.8. The van der Waals surface area contributed by atoms with Crippen LogP contribution in [0.15, 0.2) is 0 Å². The van der Waals surface area contributed by atoms with E-state index >= 15 is 0 Å². The molecular formula is C7H17ClN2O2. The van der Waals surface area contributed by atoms with E-state index in [4.69, 9.17) is 27.2 Å². The van der Waals surface area contributed by atoms with Crippen molar-refractivity contribution in [2.75, 3.05) is 38.7 Å². The van der Waals surface area contributed by atoms with Gasteiger partial charge in [-0.3, -0.25) is 0 Å². The van der Waals surface area contributed by atoms with E-state index in [1.807, 2.05) is 0 Å². The maximum absolute atomic E-state index is 8.19. The minimum atomic E-state index is 0.194. The Labute approximate surface area is 78.0 Å². The number of nitrogens with one attached hydrogen (secondary N) is 1. The van der Waals surface area contributed by atoms with E-state index in [-0.39, 0.29) is 6.61 Å². The number of halogens is 1. The van der Waals surface area contributed by atoms with Gasteiger partial charge >= 0.3 is 0 Å². The van der Waals surface area contributed by atoms with E-state index in [1.54, 1.807) is 0 Å². The van der Waals surface area contributed by atoms with Crippen LogP contribution in [0.3, 0.4) is 0 Å².